The molecule has 1 atom stereocenters. The van der Waals surface area contributed by atoms with Crippen LogP contribution in [-0.4, -0.2) is 17.2 Å². The van der Waals surface area contributed by atoms with E-state index in [-0.39, 0.29) is 0 Å². The van der Waals surface area contributed by atoms with E-state index in [1.807, 2.05) is 18.2 Å². The van der Waals surface area contributed by atoms with Crippen LogP contribution in [0.1, 0.15) is 25.8 Å². The second-order valence-electron chi connectivity index (χ2n) is 4.62. The van der Waals surface area contributed by atoms with Crippen molar-refractivity contribution in [1.29, 1.82) is 5.26 Å². The molecule has 0 saturated carbocycles. The molecule has 0 spiro atoms. The van der Waals surface area contributed by atoms with E-state index >= 15 is 0 Å². The molecule has 0 fully saturated rings. The number of rotatable bonds is 5. The summed E-state index contributed by atoms with van der Waals surface area (Å²) in [6.45, 7) is 6.27. The second kappa shape index (κ2) is 5.70. The molecule has 0 bridgehead atoms. The Balaban J connectivity index is 2.13. The lowest BCUT2D eigenvalue weighted by molar-refractivity contribution is 0.509. The molecule has 3 heteroatoms. The molecule has 1 N–H and O–H groups in total. The van der Waals surface area contributed by atoms with Crippen molar-refractivity contribution in [2.45, 2.75) is 32.9 Å². The van der Waals surface area contributed by atoms with Gasteiger partial charge in [-0.3, -0.25) is 0 Å². The number of benzene rings is 1. The molecular formula is C15H19N3. The molecule has 0 aliphatic heterocycles. The summed E-state index contributed by atoms with van der Waals surface area (Å²) in [4.78, 5) is 0. The molecule has 0 aliphatic carbocycles. The third-order valence-corrected chi connectivity index (χ3v) is 3.39. The molecule has 0 radical (unpaired) electrons. The summed E-state index contributed by atoms with van der Waals surface area (Å²) in [5.41, 5.74) is 1.89. The number of fused-ring (bicyclic) bond motifs is 1. The molecule has 18 heavy (non-hydrogen) atoms. The summed E-state index contributed by atoms with van der Waals surface area (Å²) in [5, 5.41) is 13.6. The fourth-order valence-electron chi connectivity index (χ4n) is 2.09. The Morgan fingerprint density at radius 3 is 2.94 bits per heavy atom. The first-order valence-corrected chi connectivity index (χ1v) is 6.47. The summed E-state index contributed by atoms with van der Waals surface area (Å²) in [6, 6.07) is 10.7. The van der Waals surface area contributed by atoms with Crippen LogP contribution in [0.15, 0.2) is 30.5 Å². The molecule has 0 aliphatic rings. The molecule has 0 amide bonds. The first-order chi connectivity index (χ1) is 8.76. The van der Waals surface area contributed by atoms with Crippen molar-refractivity contribution < 1.29 is 0 Å². The lowest BCUT2D eigenvalue weighted by Gasteiger charge is -2.12. The van der Waals surface area contributed by atoms with Crippen LogP contribution in [0.4, 0.5) is 0 Å². The van der Waals surface area contributed by atoms with Crippen molar-refractivity contribution in [2.75, 3.05) is 6.54 Å². The average Bonchev–Trinajstić information content (AvgIpc) is 2.82. The predicted molar refractivity (Wildman–Crippen MR) is 74.4 cm³/mol. The van der Waals surface area contributed by atoms with Crippen molar-refractivity contribution in [1.82, 2.24) is 9.88 Å². The highest BCUT2D eigenvalue weighted by atomic mass is 15.0. The topological polar surface area (TPSA) is 40.8 Å². The van der Waals surface area contributed by atoms with Crippen molar-refractivity contribution in [3.63, 3.8) is 0 Å². The van der Waals surface area contributed by atoms with Gasteiger partial charge >= 0.3 is 0 Å². The maximum Gasteiger partial charge on any atom is 0.0998 e. The highest BCUT2D eigenvalue weighted by molar-refractivity contribution is 5.85. The zero-order valence-electron chi connectivity index (χ0n) is 11.0. The van der Waals surface area contributed by atoms with Crippen molar-refractivity contribution in [3.8, 4) is 6.07 Å². The fraction of sp³-hybridized carbons (Fsp3) is 0.400. The number of nitrogens with one attached hydrogen (secondary N) is 1. The van der Waals surface area contributed by atoms with Gasteiger partial charge in [-0.15, -0.1) is 0 Å². The molecule has 2 aromatic rings. The quantitative estimate of drug-likeness (QED) is 0.874. The monoisotopic (exact) mass is 241 g/mol. The van der Waals surface area contributed by atoms with E-state index in [9.17, 15) is 0 Å². The third kappa shape index (κ3) is 2.55. The highest BCUT2D eigenvalue weighted by Crippen LogP contribution is 2.19. The minimum absolute atomic E-state index is 0.557. The van der Waals surface area contributed by atoms with Crippen LogP contribution in [0.3, 0.4) is 0 Å². The van der Waals surface area contributed by atoms with Gasteiger partial charge in [-0.2, -0.15) is 5.26 Å². The van der Waals surface area contributed by atoms with Crippen LogP contribution < -0.4 is 5.32 Å². The van der Waals surface area contributed by atoms with Crippen molar-refractivity contribution in [3.05, 3.63) is 36.0 Å². The SMILES string of the molecule is CCC(C)NCCn1ccc2c(C#N)cccc21. The maximum atomic E-state index is 9.05. The van der Waals surface area contributed by atoms with Gasteiger partial charge in [-0.25, -0.2) is 0 Å². The van der Waals surface area contributed by atoms with Gasteiger partial charge < -0.3 is 9.88 Å². The van der Waals surface area contributed by atoms with Crippen LogP contribution in [0.5, 0.6) is 0 Å². The van der Waals surface area contributed by atoms with Crippen LogP contribution >= 0.6 is 0 Å². The van der Waals surface area contributed by atoms with Crippen molar-refractivity contribution in [2.24, 2.45) is 0 Å². The number of hydrogen-bond donors (Lipinski definition) is 1. The van der Waals surface area contributed by atoms with Gasteiger partial charge in [0.05, 0.1) is 11.6 Å². The Morgan fingerprint density at radius 2 is 2.22 bits per heavy atom. The van der Waals surface area contributed by atoms with Crippen molar-refractivity contribution >= 4 is 10.9 Å². The van der Waals surface area contributed by atoms with E-state index in [1.165, 1.54) is 0 Å². The van der Waals surface area contributed by atoms with E-state index in [0.717, 1.165) is 36.0 Å². The lowest BCUT2D eigenvalue weighted by Crippen LogP contribution is -2.28. The van der Waals surface area contributed by atoms with Crippen LogP contribution in [-0.2, 0) is 6.54 Å². The van der Waals surface area contributed by atoms with Gasteiger partial charge in [0, 0.05) is 36.2 Å². The van der Waals surface area contributed by atoms with Crippen LogP contribution in [0, 0.1) is 11.3 Å². The largest absolute Gasteiger partial charge is 0.346 e. The minimum atomic E-state index is 0.557. The average molecular weight is 241 g/mol. The summed E-state index contributed by atoms with van der Waals surface area (Å²) < 4.78 is 2.20. The van der Waals surface area contributed by atoms with Crippen LogP contribution in [0.25, 0.3) is 10.9 Å². The number of hydrogen-bond acceptors (Lipinski definition) is 2. The summed E-state index contributed by atoms with van der Waals surface area (Å²) >= 11 is 0. The van der Waals surface area contributed by atoms with E-state index in [2.05, 4.69) is 42.1 Å². The maximum absolute atomic E-state index is 9.05. The molecule has 3 nitrogen and oxygen atoms in total. The third-order valence-electron chi connectivity index (χ3n) is 3.39. The van der Waals surface area contributed by atoms with E-state index in [4.69, 9.17) is 5.26 Å². The minimum Gasteiger partial charge on any atom is -0.346 e. The fourth-order valence-corrected chi connectivity index (χ4v) is 2.09. The molecule has 0 saturated heterocycles. The molecule has 2 rings (SSSR count). The van der Waals surface area contributed by atoms with E-state index in [1.54, 1.807) is 0 Å². The summed E-state index contributed by atoms with van der Waals surface area (Å²) in [5.74, 6) is 0. The normalized spacial score (nSPS) is 12.5. The molecule has 1 heterocycles. The molecule has 1 aromatic carbocycles. The van der Waals surface area contributed by atoms with E-state index < -0.39 is 0 Å². The Kier molecular flexibility index (Phi) is 4.01. The van der Waals surface area contributed by atoms with Gasteiger partial charge in [0.2, 0.25) is 0 Å². The Morgan fingerprint density at radius 1 is 1.39 bits per heavy atom. The zero-order chi connectivity index (χ0) is 13.0. The molecule has 1 aromatic heterocycles. The standard InChI is InChI=1S/C15H19N3/c1-3-12(2)17-8-10-18-9-7-14-13(11-16)5-4-6-15(14)18/h4-7,9,12,17H,3,8,10H2,1-2H3. The summed E-state index contributed by atoms with van der Waals surface area (Å²) in [7, 11) is 0. The predicted octanol–water partition coefficient (Wildman–Crippen LogP) is 2.90. The Labute approximate surface area is 108 Å². The lowest BCUT2D eigenvalue weighted by atomic mass is 10.1. The van der Waals surface area contributed by atoms with Gasteiger partial charge in [-0.1, -0.05) is 13.0 Å². The molecule has 1 unspecified atom stereocenters. The highest BCUT2D eigenvalue weighted by Gasteiger charge is 2.05. The smallest absolute Gasteiger partial charge is 0.0998 e. The van der Waals surface area contributed by atoms with Crippen LogP contribution in [0.2, 0.25) is 0 Å². The number of nitriles is 1. The van der Waals surface area contributed by atoms with Gasteiger partial charge in [0.25, 0.3) is 0 Å². The molecule has 94 valence electrons. The Bertz CT molecular complexity index is 563. The summed E-state index contributed by atoms with van der Waals surface area (Å²) in [6.07, 6.45) is 3.20. The zero-order valence-corrected chi connectivity index (χ0v) is 11.0. The van der Waals surface area contributed by atoms with Gasteiger partial charge in [-0.05, 0) is 31.5 Å². The Hall–Kier alpha value is -1.79. The van der Waals surface area contributed by atoms with Gasteiger partial charge in [0.1, 0.15) is 0 Å². The first-order valence-electron chi connectivity index (χ1n) is 6.47. The molecular weight excluding hydrogens is 222 g/mol. The number of aromatic nitrogens is 1. The number of nitrogens with zero attached hydrogens (tertiary/aromatic N) is 2. The van der Waals surface area contributed by atoms with E-state index in [0.29, 0.717) is 6.04 Å². The first kappa shape index (κ1) is 12.7. The second-order valence-corrected chi connectivity index (χ2v) is 4.62. The van der Waals surface area contributed by atoms with Gasteiger partial charge in [0.15, 0.2) is 0 Å².